The van der Waals surface area contributed by atoms with Crippen molar-refractivity contribution in [2.75, 3.05) is 0 Å². The Hall–Kier alpha value is -1.07. The molecule has 0 spiro atoms. The van der Waals surface area contributed by atoms with Gasteiger partial charge in [0, 0.05) is 18.8 Å². The average Bonchev–Trinajstić information content (AvgIpc) is 2.24. The highest BCUT2D eigenvalue weighted by atomic mass is 19.4. The normalized spacial score (nSPS) is 24.8. The number of carbonyl (C=O) groups is 2. The SMILES string of the molecule is O=C(O)CCC(=O)C1CCC(CC(F)(F)F)CC1. The first-order chi connectivity index (χ1) is 8.28. The highest BCUT2D eigenvalue weighted by molar-refractivity contribution is 5.84. The highest BCUT2D eigenvalue weighted by Gasteiger charge is 2.35. The van der Waals surface area contributed by atoms with Crippen LogP contribution in [0.25, 0.3) is 0 Å². The van der Waals surface area contributed by atoms with Crippen LogP contribution in [0.15, 0.2) is 0 Å². The standard InChI is InChI=1S/C12H17F3O3/c13-12(14,15)7-8-1-3-9(4-2-8)10(16)5-6-11(17)18/h8-9H,1-7H2,(H,17,18). The number of aliphatic carboxylic acids is 1. The van der Waals surface area contributed by atoms with Crippen molar-refractivity contribution < 1.29 is 27.9 Å². The van der Waals surface area contributed by atoms with Gasteiger partial charge < -0.3 is 5.11 Å². The first-order valence-corrected chi connectivity index (χ1v) is 6.09. The molecule has 0 aliphatic heterocycles. The van der Waals surface area contributed by atoms with Crippen molar-refractivity contribution in [1.82, 2.24) is 0 Å². The lowest BCUT2D eigenvalue weighted by molar-refractivity contribution is -0.148. The summed E-state index contributed by atoms with van der Waals surface area (Å²) < 4.78 is 36.5. The molecule has 0 unspecified atom stereocenters. The number of Topliss-reactive ketones (excluding diaryl/α,β-unsaturated/α-hetero) is 1. The molecule has 1 rings (SSSR count). The molecule has 1 N–H and O–H groups in total. The smallest absolute Gasteiger partial charge is 0.389 e. The third kappa shape index (κ3) is 5.51. The summed E-state index contributed by atoms with van der Waals surface area (Å²) in [6.45, 7) is 0. The summed E-state index contributed by atoms with van der Waals surface area (Å²) in [5.74, 6) is -1.76. The quantitative estimate of drug-likeness (QED) is 0.831. The Bertz CT molecular complexity index is 304. The van der Waals surface area contributed by atoms with Crippen LogP contribution in [0.1, 0.15) is 44.9 Å². The van der Waals surface area contributed by atoms with Crippen LogP contribution in [0.2, 0.25) is 0 Å². The lowest BCUT2D eigenvalue weighted by atomic mass is 9.78. The molecule has 0 aromatic heterocycles. The second-order valence-corrected chi connectivity index (χ2v) is 4.90. The fourth-order valence-electron chi connectivity index (χ4n) is 2.45. The van der Waals surface area contributed by atoms with E-state index in [1.807, 2.05) is 0 Å². The van der Waals surface area contributed by atoms with E-state index in [0.29, 0.717) is 25.7 Å². The molecule has 6 heteroatoms. The number of alkyl halides is 3. The van der Waals surface area contributed by atoms with E-state index in [9.17, 15) is 22.8 Å². The average molecular weight is 266 g/mol. The molecular weight excluding hydrogens is 249 g/mol. The fraction of sp³-hybridized carbons (Fsp3) is 0.833. The van der Waals surface area contributed by atoms with E-state index in [0.717, 1.165) is 0 Å². The zero-order valence-electron chi connectivity index (χ0n) is 10.0. The van der Waals surface area contributed by atoms with E-state index in [1.54, 1.807) is 0 Å². The van der Waals surface area contributed by atoms with Gasteiger partial charge >= 0.3 is 12.1 Å². The summed E-state index contributed by atoms with van der Waals surface area (Å²) in [7, 11) is 0. The van der Waals surface area contributed by atoms with Crippen LogP contribution < -0.4 is 0 Å². The van der Waals surface area contributed by atoms with Gasteiger partial charge in [-0.25, -0.2) is 0 Å². The number of rotatable bonds is 5. The van der Waals surface area contributed by atoms with Crippen molar-refractivity contribution in [3.8, 4) is 0 Å². The minimum atomic E-state index is -4.13. The van der Waals surface area contributed by atoms with Gasteiger partial charge in [0.1, 0.15) is 5.78 Å². The number of carboxylic acids is 1. The van der Waals surface area contributed by atoms with Gasteiger partial charge in [-0.3, -0.25) is 9.59 Å². The number of carbonyl (C=O) groups excluding carboxylic acids is 1. The van der Waals surface area contributed by atoms with Crippen molar-refractivity contribution in [1.29, 1.82) is 0 Å². The molecule has 0 bridgehead atoms. The second-order valence-electron chi connectivity index (χ2n) is 4.90. The molecule has 0 amide bonds. The first-order valence-electron chi connectivity index (χ1n) is 6.09. The number of hydrogen-bond donors (Lipinski definition) is 1. The minimum Gasteiger partial charge on any atom is -0.481 e. The van der Waals surface area contributed by atoms with E-state index in [1.165, 1.54) is 0 Å². The second kappa shape index (κ2) is 6.20. The Morgan fingerprint density at radius 3 is 2.06 bits per heavy atom. The molecule has 0 saturated heterocycles. The zero-order valence-corrected chi connectivity index (χ0v) is 10.0. The Labute approximate surface area is 103 Å². The third-order valence-electron chi connectivity index (χ3n) is 3.41. The summed E-state index contributed by atoms with van der Waals surface area (Å²) in [4.78, 5) is 21.9. The minimum absolute atomic E-state index is 0.00998. The number of ketones is 1. The molecule has 104 valence electrons. The number of hydrogen-bond acceptors (Lipinski definition) is 2. The van der Waals surface area contributed by atoms with Crippen LogP contribution in [0.4, 0.5) is 13.2 Å². The van der Waals surface area contributed by atoms with Crippen LogP contribution in [-0.4, -0.2) is 23.0 Å². The summed E-state index contributed by atoms with van der Waals surface area (Å²) in [5.41, 5.74) is 0. The molecule has 0 atom stereocenters. The number of halogens is 3. The highest BCUT2D eigenvalue weighted by Crippen LogP contribution is 2.36. The van der Waals surface area contributed by atoms with E-state index >= 15 is 0 Å². The molecule has 1 aliphatic rings. The molecule has 0 aromatic rings. The van der Waals surface area contributed by atoms with Gasteiger partial charge in [0.25, 0.3) is 0 Å². The van der Waals surface area contributed by atoms with Gasteiger partial charge in [-0.2, -0.15) is 13.2 Å². The van der Waals surface area contributed by atoms with Crippen molar-refractivity contribution in [2.45, 2.75) is 51.1 Å². The van der Waals surface area contributed by atoms with Gasteiger partial charge in [0.15, 0.2) is 0 Å². The molecule has 1 aliphatic carbocycles. The van der Waals surface area contributed by atoms with Crippen molar-refractivity contribution in [3.63, 3.8) is 0 Å². The summed E-state index contributed by atoms with van der Waals surface area (Å²) in [6, 6.07) is 0. The summed E-state index contributed by atoms with van der Waals surface area (Å²) in [5, 5.41) is 8.45. The van der Waals surface area contributed by atoms with Gasteiger partial charge in [0.2, 0.25) is 0 Å². The lowest BCUT2D eigenvalue weighted by Crippen LogP contribution is -2.25. The first kappa shape index (κ1) is 15.0. The molecule has 18 heavy (non-hydrogen) atoms. The van der Waals surface area contributed by atoms with Gasteiger partial charge in [-0.15, -0.1) is 0 Å². The zero-order chi connectivity index (χ0) is 13.8. The largest absolute Gasteiger partial charge is 0.481 e. The molecule has 1 saturated carbocycles. The Morgan fingerprint density at radius 2 is 1.61 bits per heavy atom. The maximum absolute atomic E-state index is 12.2. The van der Waals surface area contributed by atoms with Crippen molar-refractivity contribution in [3.05, 3.63) is 0 Å². The van der Waals surface area contributed by atoms with Crippen molar-refractivity contribution in [2.24, 2.45) is 11.8 Å². The molecule has 1 fully saturated rings. The van der Waals surface area contributed by atoms with Crippen LogP contribution in [-0.2, 0) is 9.59 Å². The topological polar surface area (TPSA) is 54.4 Å². The van der Waals surface area contributed by atoms with Crippen LogP contribution >= 0.6 is 0 Å². The van der Waals surface area contributed by atoms with Gasteiger partial charge in [-0.1, -0.05) is 0 Å². The molecular formula is C12H17F3O3. The predicted octanol–water partition coefficient (Wildman–Crippen LogP) is 3.18. The van der Waals surface area contributed by atoms with Gasteiger partial charge in [0.05, 0.1) is 6.42 Å². The summed E-state index contributed by atoms with van der Waals surface area (Å²) >= 11 is 0. The van der Waals surface area contributed by atoms with E-state index in [2.05, 4.69) is 0 Å². The van der Waals surface area contributed by atoms with E-state index < -0.39 is 18.6 Å². The molecule has 3 nitrogen and oxygen atoms in total. The number of carboxylic acid groups (broad SMARTS) is 1. The van der Waals surface area contributed by atoms with Crippen molar-refractivity contribution >= 4 is 11.8 Å². The fourth-order valence-corrected chi connectivity index (χ4v) is 2.45. The predicted molar refractivity (Wildman–Crippen MR) is 58.0 cm³/mol. The lowest BCUT2D eigenvalue weighted by Gasteiger charge is -2.28. The third-order valence-corrected chi connectivity index (χ3v) is 3.41. The molecule has 0 radical (unpaired) electrons. The Kier molecular flexibility index (Phi) is 5.16. The Morgan fingerprint density at radius 1 is 1.06 bits per heavy atom. The van der Waals surface area contributed by atoms with E-state index in [4.69, 9.17) is 5.11 Å². The molecule has 0 aromatic carbocycles. The van der Waals surface area contributed by atoms with Gasteiger partial charge in [-0.05, 0) is 31.6 Å². The van der Waals surface area contributed by atoms with Crippen LogP contribution in [0.3, 0.4) is 0 Å². The van der Waals surface area contributed by atoms with Crippen LogP contribution in [0, 0.1) is 11.8 Å². The van der Waals surface area contributed by atoms with E-state index in [-0.39, 0.29) is 30.5 Å². The maximum Gasteiger partial charge on any atom is 0.389 e. The monoisotopic (exact) mass is 266 g/mol. The maximum atomic E-state index is 12.2. The molecule has 0 heterocycles. The van der Waals surface area contributed by atoms with Crippen LogP contribution in [0.5, 0.6) is 0 Å². The Balaban J connectivity index is 2.30. The summed E-state index contributed by atoms with van der Waals surface area (Å²) in [6.07, 6.45) is -3.39.